The number of hydrogen-bond acceptors (Lipinski definition) is 2. The van der Waals surface area contributed by atoms with Crippen molar-refractivity contribution in [3.63, 3.8) is 0 Å². The maximum Gasteiger partial charge on any atom is 0.0994 e. The van der Waals surface area contributed by atoms with Crippen LogP contribution in [0.15, 0.2) is 30.3 Å². The molecule has 0 bridgehead atoms. The largest absolute Gasteiger partial charge is 0.192 e. The van der Waals surface area contributed by atoms with E-state index in [1.54, 1.807) is 0 Å². The Hall–Kier alpha value is -1.59. The molecule has 0 unspecified atom stereocenters. The molecular weight excluding hydrogens is 298 g/mol. The van der Waals surface area contributed by atoms with E-state index in [0.717, 1.165) is 12.0 Å². The minimum absolute atomic E-state index is 0.841. The Morgan fingerprint density at radius 1 is 0.957 bits per heavy atom. The van der Waals surface area contributed by atoms with Crippen LogP contribution in [-0.4, -0.2) is 0 Å². The van der Waals surface area contributed by atoms with Gasteiger partial charge >= 0.3 is 0 Å². The fraction of sp³-hybridized carbons (Fsp3) is 0.476. The maximum absolute atomic E-state index is 9.34. The highest BCUT2D eigenvalue weighted by atomic mass is 32.1. The third-order valence-electron chi connectivity index (χ3n) is 4.30. The highest BCUT2D eigenvalue weighted by Crippen LogP contribution is 2.29. The lowest BCUT2D eigenvalue weighted by molar-refractivity contribution is 0.589. The predicted molar refractivity (Wildman–Crippen MR) is 101 cm³/mol. The fourth-order valence-corrected chi connectivity index (χ4v) is 3.79. The van der Waals surface area contributed by atoms with Crippen LogP contribution < -0.4 is 0 Å². The Kier molecular flexibility index (Phi) is 7.36. The normalized spacial score (nSPS) is 10.7. The van der Waals surface area contributed by atoms with Gasteiger partial charge in [-0.1, -0.05) is 51.5 Å². The van der Waals surface area contributed by atoms with Crippen molar-refractivity contribution in [1.82, 2.24) is 0 Å². The Labute approximate surface area is 145 Å². The monoisotopic (exact) mass is 325 g/mol. The van der Waals surface area contributed by atoms with Crippen LogP contribution >= 0.6 is 11.3 Å². The molecule has 0 radical (unpaired) electrons. The standard InChI is InChI=1S/C21H27NS/c1-3-4-5-6-7-8-9-10-18-15-19(12-13-20(18)16-22)21-14-11-17(2)23-21/h11-15H,3-10H2,1-2H3. The summed E-state index contributed by atoms with van der Waals surface area (Å²) in [4.78, 5) is 2.63. The summed E-state index contributed by atoms with van der Waals surface area (Å²) in [6, 6.07) is 13.0. The summed E-state index contributed by atoms with van der Waals surface area (Å²) >= 11 is 1.82. The minimum atomic E-state index is 0.841. The molecule has 0 saturated carbocycles. The Balaban J connectivity index is 1.93. The molecular formula is C21H27NS. The van der Waals surface area contributed by atoms with Gasteiger partial charge in [0, 0.05) is 9.75 Å². The molecule has 122 valence electrons. The van der Waals surface area contributed by atoms with Gasteiger partial charge in [0.05, 0.1) is 11.6 Å². The molecule has 0 atom stereocenters. The van der Waals surface area contributed by atoms with Crippen LogP contribution in [0.3, 0.4) is 0 Å². The average molecular weight is 326 g/mol. The van der Waals surface area contributed by atoms with Crippen molar-refractivity contribution in [3.05, 3.63) is 46.3 Å². The van der Waals surface area contributed by atoms with Gasteiger partial charge in [0.2, 0.25) is 0 Å². The zero-order valence-electron chi connectivity index (χ0n) is 14.4. The van der Waals surface area contributed by atoms with Crippen molar-refractivity contribution in [2.24, 2.45) is 0 Å². The van der Waals surface area contributed by atoms with Crippen molar-refractivity contribution in [2.45, 2.75) is 65.2 Å². The van der Waals surface area contributed by atoms with Crippen molar-refractivity contribution < 1.29 is 0 Å². The first-order valence-electron chi connectivity index (χ1n) is 8.84. The van der Waals surface area contributed by atoms with Crippen LogP contribution in [0.5, 0.6) is 0 Å². The number of nitriles is 1. The van der Waals surface area contributed by atoms with E-state index in [0.29, 0.717) is 0 Å². The molecule has 1 nitrogen and oxygen atoms in total. The molecule has 0 amide bonds. The molecule has 0 fully saturated rings. The van der Waals surface area contributed by atoms with E-state index in [2.05, 4.69) is 44.2 Å². The second kappa shape index (κ2) is 9.53. The van der Waals surface area contributed by atoms with E-state index in [-0.39, 0.29) is 0 Å². The smallest absolute Gasteiger partial charge is 0.0994 e. The predicted octanol–water partition coefficient (Wildman–Crippen LogP) is 6.89. The van der Waals surface area contributed by atoms with E-state index in [1.807, 2.05) is 17.4 Å². The van der Waals surface area contributed by atoms with E-state index in [9.17, 15) is 5.26 Å². The van der Waals surface area contributed by atoms with Gasteiger partial charge in [-0.05, 0) is 55.2 Å². The fourth-order valence-electron chi connectivity index (χ4n) is 2.93. The second-order valence-electron chi connectivity index (χ2n) is 6.27. The van der Waals surface area contributed by atoms with Gasteiger partial charge in [-0.15, -0.1) is 11.3 Å². The maximum atomic E-state index is 9.34. The SMILES string of the molecule is CCCCCCCCCc1cc(-c2ccc(C)s2)ccc1C#N. The Morgan fingerprint density at radius 2 is 1.70 bits per heavy atom. The number of rotatable bonds is 9. The van der Waals surface area contributed by atoms with Crippen molar-refractivity contribution in [3.8, 4) is 16.5 Å². The molecule has 1 heterocycles. The van der Waals surface area contributed by atoms with Gasteiger partial charge in [0.1, 0.15) is 0 Å². The van der Waals surface area contributed by atoms with Gasteiger partial charge in [0.25, 0.3) is 0 Å². The molecule has 23 heavy (non-hydrogen) atoms. The van der Waals surface area contributed by atoms with E-state index < -0.39 is 0 Å². The highest BCUT2D eigenvalue weighted by molar-refractivity contribution is 7.15. The Morgan fingerprint density at radius 3 is 2.35 bits per heavy atom. The number of hydrogen-bond donors (Lipinski definition) is 0. The lowest BCUT2D eigenvalue weighted by Crippen LogP contribution is -1.92. The van der Waals surface area contributed by atoms with E-state index >= 15 is 0 Å². The second-order valence-corrected chi connectivity index (χ2v) is 7.55. The number of unbranched alkanes of at least 4 members (excludes halogenated alkanes) is 6. The van der Waals surface area contributed by atoms with Crippen LogP contribution in [-0.2, 0) is 6.42 Å². The summed E-state index contributed by atoms with van der Waals surface area (Å²) in [6.45, 7) is 4.39. The Bertz CT molecular complexity index is 648. The molecule has 0 N–H and O–H groups in total. The molecule has 2 aromatic rings. The highest BCUT2D eigenvalue weighted by Gasteiger charge is 2.07. The summed E-state index contributed by atoms with van der Waals surface area (Å²) in [5.41, 5.74) is 3.30. The minimum Gasteiger partial charge on any atom is -0.192 e. The molecule has 1 aromatic heterocycles. The number of nitrogens with zero attached hydrogens (tertiary/aromatic N) is 1. The summed E-state index contributed by atoms with van der Waals surface area (Å²) in [6.07, 6.45) is 10.2. The third kappa shape index (κ3) is 5.52. The third-order valence-corrected chi connectivity index (χ3v) is 5.35. The van der Waals surface area contributed by atoms with Gasteiger partial charge in [-0.2, -0.15) is 5.26 Å². The van der Waals surface area contributed by atoms with Crippen LogP contribution in [0, 0.1) is 18.3 Å². The van der Waals surface area contributed by atoms with E-state index in [4.69, 9.17) is 0 Å². The summed E-state index contributed by atoms with van der Waals surface area (Å²) in [5, 5.41) is 9.34. The summed E-state index contributed by atoms with van der Waals surface area (Å²) < 4.78 is 0. The van der Waals surface area contributed by atoms with E-state index in [1.165, 1.54) is 65.8 Å². The van der Waals surface area contributed by atoms with Gasteiger partial charge < -0.3 is 0 Å². The zero-order valence-corrected chi connectivity index (χ0v) is 15.2. The average Bonchev–Trinajstić information content (AvgIpc) is 3.00. The molecule has 0 spiro atoms. The zero-order chi connectivity index (χ0) is 16.5. The number of aryl methyl sites for hydroxylation is 2. The van der Waals surface area contributed by atoms with Crippen LogP contribution in [0.2, 0.25) is 0 Å². The van der Waals surface area contributed by atoms with Gasteiger partial charge in [0.15, 0.2) is 0 Å². The molecule has 0 aliphatic carbocycles. The lowest BCUT2D eigenvalue weighted by Gasteiger charge is -2.07. The van der Waals surface area contributed by atoms with Crippen LogP contribution in [0.25, 0.3) is 10.4 Å². The molecule has 0 saturated heterocycles. The van der Waals surface area contributed by atoms with Crippen LogP contribution in [0.4, 0.5) is 0 Å². The molecule has 2 heteroatoms. The number of benzene rings is 1. The first kappa shape index (κ1) is 17.8. The first-order chi connectivity index (χ1) is 11.2. The topological polar surface area (TPSA) is 23.8 Å². The summed E-state index contributed by atoms with van der Waals surface area (Å²) in [7, 11) is 0. The number of thiophene rings is 1. The van der Waals surface area contributed by atoms with Crippen molar-refractivity contribution >= 4 is 11.3 Å². The molecule has 0 aliphatic rings. The quantitative estimate of drug-likeness (QED) is 0.460. The van der Waals surface area contributed by atoms with Crippen LogP contribution in [0.1, 0.15) is 67.9 Å². The van der Waals surface area contributed by atoms with Crippen molar-refractivity contribution in [2.75, 3.05) is 0 Å². The van der Waals surface area contributed by atoms with Crippen molar-refractivity contribution in [1.29, 1.82) is 5.26 Å². The molecule has 2 rings (SSSR count). The summed E-state index contributed by atoms with van der Waals surface area (Å²) in [5.74, 6) is 0. The van der Waals surface area contributed by atoms with Gasteiger partial charge in [-0.25, -0.2) is 0 Å². The molecule has 1 aromatic carbocycles. The van der Waals surface area contributed by atoms with Gasteiger partial charge in [-0.3, -0.25) is 0 Å². The lowest BCUT2D eigenvalue weighted by atomic mass is 9.98. The first-order valence-corrected chi connectivity index (χ1v) is 9.66. The molecule has 0 aliphatic heterocycles.